The number of halogens is 1. The van der Waals surface area contributed by atoms with Crippen molar-refractivity contribution < 1.29 is 13.9 Å². The first-order valence-electron chi connectivity index (χ1n) is 14.8. The molecule has 40 heavy (non-hydrogen) atoms. The Bertz CT molecular complexity index is 1080. The van der Waals surface area contributed by atoms with E-state index in [2.05, 4.69) is 58.1 Å². The molecule has 2 aromatic rings. The van der Waals surface area contributed by atoms with Crippen LogP contribution in [-0.4, -0.2) is 74.6 Å². The SMILES string of the molecule is C=C(NC1CNC(C=O)C1)c1ccc(OCCCC2CCN(c3ccc(F)cn3)CC2)cc1C.CN1CCCC1. The average molecular weight is 552 g/mol. The summed E-state index contributed by atoms with van der Waals surface area (Å²) in [6.45, 7) is 12.3. The van der Waals surface area contributed by atoms with E-state index in [4.69, 9.17) is 4.74 Å². The van der Waals surface area contributed by atoms with E-state index in [1.807, 2.05) is 6.07 Å². The minimum atomic E-state index is -0.291. The van der Waals surface area contributed by atoms with Gasteiger partial charge in [0, 0.05) is 36.9 Å². The van der Waals surface area contributed by atoms with Crippen molar-refractivity contribution in [2.75, 3.05) is 51.3 Å². The van der Waals surface area contributed by atoms with Crippen LogP contribution in [0.2, 0.25) is 0 Å². The standard InChI is InChI=1S/C27H35FN4O2.C5H11N/c1-19-14-25(6-7-26(19)20(2)31-23-15-24(18-33)29-17-23)34-13-3-4-21-9-11-32(12-10-21)27-8-5-22(28)16-30-27;1-6-4-2-3-5-6/h5-8,14,16,18,21,23-24,29,31H,2-4,9-13,15,17H2,1H3;2-5H2,1H3. The molecule has 7 nitrogen and oxygen atoms in total. The Morgan fingerprint density at radius 1 is 1.20 bits per heavy atom. The van der Waals surface area contributed by atoms with Crippen LogP contribution in [0.5, 0.6) is 5.75 Å². The summed E-state index contributed by atoms with van der Waals surface area (Å²) in [7, 11) is 2.17. The third-order valence-corrected chi connectivity index (χ3v) is 8.24. The molecule has 3 aliphatic rings. The lowest BCUT2D eigenvalue weighted by Crippen LogP contribution is -2.34. The fourth-order valence-electron chi connectivity index (χ4n) is 5.81. The zero-order valence-electron chi connectivity index (χ0n) is 24.2. The van der Waals surface area contributed by atoms with Crippen LogP contribution in [0.3, 0.4) is 0 Å². The summed E-state index contributed by atoms with van der Waals surface area (Å²) >= 11 is 0. The Morgan fingerprint density at radius 3 is 2.58 bits per heavy atom. The zero-order valence-corrected chi connectivity index (χ0v) is 24.2. The number of hydrogen-bond acceptors (Lipinski definition) is 7. The molecule has 0 radical (unpaired) electrons. The quantitative estimate of drug-likeness (QED) is 0.325. The lowest BCUT2D eigenvalue weighted by atomic mass is 9.92. The normalized spacial score (nSPS) is 21.5. The smallest absolute Gasteiger partial charge is 0.141 e. The number of aryl methyl sites for hydroxylation is 1. The molecule has 0 saturated carbocycles. The second-order valence-electron chi connectivity index (χ2n) is 11.4. The van der Waals surface area contributed by atoms with Gasteiger partial charge >= 0.3 is 0 Å². The Morgan fingerprint density at radius 2 is 1.98 bits per heavy atom. The number of benzene rings is 1. The van der Waals surface area contributed by atoms with E-state index in [1.54, 1.807) is 6.07 Å². The molecular formula is C32H46FN5O2. The van der Waals surface area contributed by atoms with Crippen LogP contribution in [0.1, 0.15) is 56.1 Å². The number of nitrogens with one attached hydrogen (secondary N) is 2. The van der Waals surface area contributed by atoms with E-state index in [9.17, 15) is 9.18 Å². The van der Waals surface area contributed by atoms with Crippen LogP contribution < -0.4 is 20.3 Å². The third kappa shape index (κ3) is 9.03. The second kappa shape index (κ2) is 15.1. The molecular weight excluding hydrogens is 505 g/mol. The summed E-state index contributed by atoms with van der Waals surface area (Å²) in [5.74, 6) is 2.16. The van der Waals surface area contributed by atoms with Gasteiger partial charge in [-0.15, -0.1) is 0 Å². The predicted octanol–water partition coefficient (Wildman–Crippen LogP) is 4.81. The average Bonchev–Trinajstić information content (AvgIpc) is 3.63. The number of ether oxygens (including phenoxy) is 1. The van der Waals surface area contributed by atoms with Crippen molar-refractivity contribution in [1.29, 1.82) is 0 Å². The van der Waals surface area contributed by atoms with Crippen molar-refractivity contribution in [2.45, 2.75) is 64.0 Å². The molecule has 3 aliphatic heterocycles. The van der Waals surface area contributed by atoms with Gasteiger partial charge in [-0.1, -0.05) is 6.58 Å². The summed E-state index contributed by atoms with van der Waals surface area (Å²) in [5.41, 5.74) is 3.07. The molecule has 1 aromatic heterocycles. The zero-order chi connectivity index (χ0) is 28.3. The maximum Gasteiger partial charge on any atom is 0.141 e. The minimum absolute atomic E-state index is 0.0680. The Hall–Kier alpha value is -2.97. The van der Waals surface area contributed by atoms with Crippen LogP contribution in [0, 0.1) is 18.7 Å². The van der Waals surface area contributed by atoms with Crippen LogP contribution in [0.25, 0.3) is 5.70 Å². The lowest BCUT2D eigenvalue weighted by Gasteiger charge is -2.32. The largest absolute Gasteiger partial charge is 0.494 e. The number of nitrogens with zero attached hydrogens (tertiary/aromatic N) is 3. The number of anilines is 1. The lowest BCUT2D eigenvalue weighted by molar-refractivity contribution is -0.109. The topological polar surface area (TPSA) is 69.7 Å². The van der Waals surface area contributed by atoms with Gasteiger partial charge in [-0.2, -0.15) is 0 Å². The predicted molar refractivity (Wildman–Crippen MR) is 160 cm³/mol. The molecule has 218 valence electrons. The molecule has 3 fully saturated rings. The van der Waals surface area contributed by atoms with Gasteiger partial charge in [0.05, 0.1) is 18.8 Å². The molecule has 1 aromatic carbocycles. The molecule has 4 heterocycles. The van der Waals surface area contributed by atoms with Crippen molar-refractivity contribution in [3.8, 4) is 5.75 Å². The molecule has 0 spiro atoms. The van der Waals surface area contributed by atoms with E-state index in [0.29, 0.717) is 12.5 Å². The molecule has 0 bridgehead atoms. The number of rotatable bonds is 10. The van der Waals surface area contributed by atoms with E-state index >= 15 is 0 Å². The fourth-order valence-corrected chi connectivity index (χ4v) is 5.81. The number of likely N-dealkylation sites (tertiary alicyclic amines) is 1. The molecule has 0 amide bonds. The van der Waals surface area contributed by atoms with Gasteiger partial charge in [0.15, 0.2) is 0 Å². The number of carbonyl (C=O) groups is 1. The van der Waals surface area contributed by atoms with Crippen molar-refractivity contribution in [2.24, 2.45) is 5.92 Å². The van der Waals surface area contributed by atoms with Gasteiger partial charge in [-0.05, 0) is 114 Å². The molecule has 5 rings (SSSR count). The molecule has 2 N–H and O–H groups in total. The van der Waals surface area contributed by atoms with Crippen molar-refractivity contribution >= 4 is 17.8 Å². The highest BCUT2D eigenvalue weighted by Crippen LogP contribution is 2.26. The summed E-state index contributed by atoms with van der Waals surface area (Å²) < 4.78 is 19.1. The minimum Gasteiger partial charge on any atom is -0.494 e. The first-order valence-corrected chi connectivity index (χ1v) is 14.8. The first-order chi connectivity index (χ1) is 19.4. The Labute approximate surface area is 239 Å². The highest BCUT2D eigenvalue weighted by atomic mass is 19.1. The summed E-state index contributed by atoms with van der Waals surface area (Å²) in [6.07, 6.45) is 10.3. The fraction of sp³-hybridized carbons (Fsp3) is 0.562. The van der Waals surface area contributed by atoms with Crippen LogP contribution in [0.4, 0.5) is 10.2 Å². The first kappa shape index (κ1) is 30.0. The van der Waals surface area contributed by atoms with Crippen molar-refractivity contribution in [3.63, 3.8) is 0 Å². The van der Waals surface area contributed by atoms with E-state index in [1.165, 1.54) is 38.2 Å². The number of aromatic nitrogens is 1. The van der Waals surface area contributed by atoms with Crippen LogP contribution in [-0.2, 0) is 4.79 Å². The van der Waals surface area contributed by atoms with Crippen molar-refractivity contribution in [3.05, 3.63) is 60.1 Å². The number of piperidine rings is 1. The summed E-state index contributed by atoms with van der Waals surface area (Å²) in [6, 6.07) is 9.51. The van der Waals surface area contributed by atoms with Gasteiger partial charge < -0.3 is 30.0 Å². The van der Waals surface area contributed by atoms with Gasteiger partial charge in [0.2, 0.25) is 0 Å². The molecule has 2 atom stereocenters. The third-order valence-electron chi connectivity index (χ3n) is 8.24. The summed E-state index contributed by atoms with van der Waals surface area (Å²) in [4.78, 5) is 19.7. The highest BCUT2D eigenvalue weighted by molar-refractivity contribution is 5.66. The Balaban J connectivity index is 0.000000546. The van der Waals surface area contributed by atoms with Gasteiger partial charge in [0.1, 0.15) is 23.7 Å². The van der Waals surface area contributed by atoms with Crippen molar-refractivity contribution in [1.82, 2.24) is 20.5 Å². The molecule has 3 saturated heterocycles. The maximum absolute atomic E-state index is 13.1. The number of aldehydes is 1. The van der Waals surface area contributed by atoms with Crippen LogP contribution >= 0.6 is 0 Å². The monoisotopic (exact) mass is 551 g/mol. The molecule has 2 unspecified atom stereocenters. The van der Waals surface area contributed by atoms with E-state index < -0.39 is 0 Å². The Kier molecular flexibility index (Phi) is 11.4. The van der Waals surface area contributed by atoms with Gasteiger partial charge in [-0.25, -0.2) is 9.37 Å². The van der Waals surface area contributed by atoms with E-state index in [0.717, 1.165) is 86.4 Å². The number of carbonyl (C=O) groups excluding carboxylic acids is 1. The van der Waals surface area contributed by atoms with E-state index in [-0.39, 0.29) is 17.9 Å². The number of pyridine rings is 1. The summed E-state index contributed by atoms with van der Waals surface area (Å²) in [5, 5.41) is 6.63. The molecule has 0 aliphatic carbocycles. The van der Waals surface area contributed by atoms with Crippen LogP contribution in [0.15, 0.2) is 43.1 Å². The maximum atomic E-state index is 13.1. The van der Waals surface area contributed by atoms with Gasteiger partial charge in [0.25, 0.3) is 0 Å². The molecule has 8 heteroatoms. The highest BCUT2D eigenvalue weighted by Gasteiger charge is 2.24. The number of hydrogen-bond donors (Lipinski definition) is 2. The second-order valence-corrected chi connectivity index (χ2v) is 11.4. The van der Waals surface area contributed by atoms with Gasteiger partial charge in [-0.3, -0.25) is 0 Å².